The number of ether oxygens (including phenoxy) is 1. The van der Waals surface area contributed by atoms with E-state index in [0.29, 0.717) is 17.7 Å². The van der Waals surface area contributed by atoms with Crippen molar-refractivity contribution in [2.24, 2.45) is 0 Å². The van der Waals surface area contributed by atoms with Crippen molar-refractivity contribution in [2.75, 3.05) is 19.7 Å². The molecular weight excluding hydrogens is 364 g/mol. The van der Waals surface area contributed by atoms with E-state index in [1.54, 1.807) is 19.1 Å². The number of rotatable bonds is 10. The van der Waals surface area contributed by atoms with Crippen LogP contribution in [0.4, 0.5) is 0 Å². The Morgan fingerprint density at radius 2 is 1.86 bits per heavy atom. The Hall–Kier alpha value is -2.45. The van der Waals surface area contributed by atoms with E-state index in [1.165, 1.54) is 12.1 Å². The molecule has 154 valence electrons. The Morgan fingerprint density at radius 3 is 2.50 bits per heavy atom. The smallest absolute Gasteiger partial charge is 0.355 e. The number of carbonyl (C=O) groups is 3. The normalized spacial score (nSPS) is 15.5. The number of carbonyl (C=O) groups excluding carboxylic acids is 3. The molecule has 1 amide bonds. The Morgan fingerprint density at radius 1 is 1.18 bits per heavy atom. The van der Waals surface area contributed by atoms with Crippen LogP contribution >= 0.6 is 0 Å². The molecule has 8 heteroatoms. The van der Waals surface area contributed by atoms with Gasteiger partial charge < -0.3 is 15.4 Å². The zero-order chi connectivity index (χ0) is 20.4. The molecular formula is C20H28N2O6. The number of ketones is 1. The summed E-state index contributed by atoms with van der Waals surface area (Å²) in [4.78, 5) is 45.3. The molecule has 1 aliphatic rings. The molecule has 1 heterocycles. The molecule has 0 spiro atoms. The number of benzene rings is 1. The number of piperidine rings is 1. The van der Waals surface area contributed by atoms with Crippen LogP contribution in [0.3, 0.4) is 0 Å². The van der Waals surface area contributed by atoms with Crippen LogP contribution in [-0.4, -0.2) is 49.5 Å². The first kappa shape index (κ1) is 21.8. The molecule has 1 saturated heterocycles. The van der Waals surface area contributed by atoms with E-state index in [0.717, 1.165) is 25.9 Å². The summed E-state index contributed by atoms with van der Waals surface area (Å²) in [6, 6.07) is 5.49. The molecule has 2 N–H and O–H groups in total. The van der Waals surface area contributed by atoms with Crippen LogP contribution in [0.2, 0.25) is 0 Å². The fraction of sp³-hybridized carbons (Fsp3) is 0.550. The van der Waals surface area contributed by atoms with Crippen molar-refractivity contribution in [3.63, 3.8) is 0 Å². The van der Waals surface area contributed by atoms with Crippen LogP contribution in [0.25, 0.3) is 0 Å². The van der Waals surface area contributed by atoms with Crippen molar-refractivity contribution in [2.45, 2.75) is 51.7 Å². The summed E-state index contributed by atoms with van der Waals surface area (Å²) in [5.74, 6) is -0.689. The summed E-state index contributed by atoms with van der Waals surface area (Å²) in [5, 5.41) is 5.89. The quantitative estimate of drug-likeness (QED) is 0.355. The molecule has 0 aromatic heterocycles. The Bertz CT molecular complexity index is 655. The highest BCUT2D eigenvalue weighted by Crippen LogP contribution is 2.14. The molecule has 2 rings (SSSR count). The zero-order valence-electron chi connectivity index (χ0n) is 16.4. The third-order valence-electron chi connectivity index (χ3n) is 4.33. The van der Waals surface area contributed by atoms with E-state index in [9.17, 15) is 14.4 Å². The maximum Gasteiger partial charge on any atom is 0.355 e. The van der Waals surface area contributed by atoms with Crippen LogP contribution in [0.15, 0.2) is 24.3 Å². The minimum atomic E-state index is -0.682. The van der Waals surface area contributed by atoms with Gasteiger partial charge in [-0.15, -0.1) is 0 Å². The lowest BCUT2D eigenvalue weighted by molar-refractivity contribution is -0.213. The Balaban J connectivity index is 1.76. The van der Waals surface area contributed by atoms with E-state index >= 15 is 0 Å². The topological polar surface area (TPSA) is 103 Å². The third-order valence-corrected chi connectivity index (χ3v) is 4.33. The van der Waals surface area contributed by atoms with Crippen LogP contribution in [0.1, 0.15) is 49.9 Å². The Labute approximate surface area is 164 Å². The number of hydrogen-bond acceptors (Lipinski definition) is 7. The van der Waals surface area contributed by atoms with Crippen molar-refractivity contribution in [1.82, 2.24) is 10.6 Å². The van der Waals surface area contributed by atoms with Gasteiger partial charge in [0.15, 0.2) is 11.5 Å². The average molecular weight is 392 g/mol. The van der Waals surface area contributed by atoms with Crippen molar-refractivity contribution in [3.05, 3.63) is 29.8 Å². The molecule has 28 heavy (non-hydrogen) atoms. The maximum atomic E-state index is 12.5. The summed E-state index contributed by atoms with van der Waals surface area (Å²) in [5.41, 5.74) is 0.416. The largest absolute Gasteiger partial charge is 0.368 e. The highest BCUT2D eigenvalue weighted by Gasteiger charge is 2.19. The fourth-order valence-corrected chi connectivity index (χ4v) is 2.77. The molecule has 1 aliphatic heterocycles. The summed E-state index contributed by atoms with van der Waals surface area (Å²) < 4.78 is 5.59. The van der Waals surface area contributed by atoms with E-state index in [1.807, 2.05) is 6.92 Å². The second-order valence-corrected chi connectivity index (χ2v) is 6.73. The molecule has 1 aromatic rings. The van der Waals surface area contributed by atoms with Gasteiger partial charge in [0.25, 0.3) is 0 Å². The minimum Gasteiger partial charge on any atom is -0.368 e. The zero-order valence-corrected chi connectivity index (χ0v) is 16.4. The van der Waals surface area contributed by atoms with Crippen molar-refractivity contribution >= 4 is 17.7 Å². The van der Waals surface area contributed by atoms with Crippen LogP contribution in [-0.2, 0) is 19.2 Å². The molecule has 1 unspecified atom stereocenters. The van der Waals surface area contributed by atoms with E-state index in [-0.39, 0.29) is 30.8 Å². The maximum absolute atomic E-state index is 12.5. The third kappa shape index (κ3) is 7.28. The highest BCUT2D eigenvalue weighted by atomic mass is 17.2. The lowest BCUT2D eigenvalue weighted by atomic mass is 10.1. The van der Waals surface area contributed by atoms with E-state index in [4.69, 9.17) is 9.62 Å². The van der Waals surface area contributed by atoms with Gasteiger partial charge in [-0.05, 0) is 63.5 Å². The lowest BCUT2D eigenvalue weighted by Gasteiger charge is -2.23. The summed E-state index contributed by atoms with van der Waals surface area (Å²) in [6.07, 6.45) is 2.78. The highest BCUT2D eigenvalue weighted by molar-refractivity contribution is 6.01. The number of hydrogen-bond donors (Lipinski definition) is 2. The summed E-state index contributed by atoms with van der Waals surface area (Å²) in [6.45, 7) is 5.21. The first-order valence-corrected chi connectivity index (χ1v) is 9.63. The molecule has 0 aliphatic carbocycles. The van der Waals surface area contributed by atoms with Gasteiger partial charge in [-0.25, -0.2) is 4.79 Å². The van der Waals surface area contributed by atoms with Crippen molar-refractivity contribution in [1.29, 1.82) is 0 Å². The number of nitrogens with one attached hydrogen (secondary N) is 2. The summed E-state index contributed by atoms with van der Waals surface area (Å²) >= 11 is 0. The fourth-order valence-electron chi connectivity index (χ4n) is 2.77. The first-order chi connectivity index (χ1) is 13.5. The Kier molecular flexibility index (Phi) is 8.90. The number of amides is 1. The standard InChI is InChI=1S/C20H28N2O6/c1-3-4-19(24)28-27-17-7-5-15(6-8-17)20(25)14(2)22-18(23)13-26-16-9-11-21-12-10-16/h5-8,14,16,21H,3-4,9-13H2,1-2H3,(H,22,23). The second kappa shape index (κ2) is 11.4. The van der Waals surface area contributed by atoms with E-state index < -0.39 is 12.0 Å². The van der Waals surface area contributed by atoms with E-state index in [2.05, 4.69) is 15.5 Å². The lowest BCUT2D eigenvalue weighted by Crippen LogP contribution is -2.42. The second-order valence-electron chi connectivity index (χ2n) is 6.73. The molecule has 8 nitrogen and oxygen atoms in total. The minimum absolute atomic E-state index is 0.0573. The van der Waals surface area contributed by atoms with Gasteiger partial charge >= 0.3 is 5.97 Å². The average Bonchev–Trinajstić information content (AvgIpc) is 2.71. The summed E-state index contributed by atoms with van der Waals surface area (Å²) in [7, 11) is 0. The molecule has 0 bridgehead atoms. The van der Waals surface area contributed by atoms with Gasteiger partial charge in [-0.2, -0.15) is 0 Å². The number of Topliss-reactive ketones (excluding diaryl/α,β-unsaturated/α-hetero) is 1. The molecule has 1 fully saturated rings. The predicted molar refractivity (Wildman–Crippen MR) is 102 cm³/mol. The van der Waals surface area contributed by atoms with Gasteiger partial charge in [0.1, 0.15) is 6.61 Å². The van der Waals surface area contributed by atoms with Gasteiger partial charge in [0.2, 0.25) is 5.91 Å². The monoisotopic (exact) mass is 392 g/mol. The molecule has 0 saturated carbocycles. The van der Waals surface area contributed by atoms with Gasteiger partial charge in [-0.3, -0.25) is 19.4 Å². The first-order valence-electron chi connectivity index (χ1n) is 9.63. The van der Waals surface area contributed by atoms with Crippen LogP contribution in [0, 0.1) is 0 Å². The van der Waals surface area contributed by atoms with Crippen molar-refractivity contribution < 1.29 is 28.9 Å². The van der Waals surface area contributed by atoms with Crippen LogP contribution in [0.5, 0.6) is 5.75 Å². The van der Waals surface area contributed by atoms with Gasteiger partial charge in [-0.1, -0.05) is 6.92 Å². The molecule has 1 atom stereocenters. The van der Waals surface area contributed by atoms with Gasteiger partial charge in [0, 0.05) is 12.0 Å². The van der Waals surface area contributed by atoms with Crippen molar-refractivity contribution in [3.8, 4) is 5.75 Å². The van der Waals surface area contributed by atoms with Crippen LogP contribution < -0.4 is 15.5 Å². The molecule has 1 aromatic carbocycles. The van der Waals surface area contributed by atoms with Gasteiger partial charge in [0.05, 0.1) is 12.1 Å². The molecule has 0 radical (unpaired) electrons. The predicted octanol–water partition coefficient (Wildman–Crippen LogP) is 1.78. The SMILES string of the molecule is CCCC(=O)OOc1ccc(C(=O)C(C)NC(=O)COC2CCNCC2)cc1.